The highest BCUT2D eigenvalue weighted by atomic mass is 16.6. The van der Waals surface area contributed by atoms with E-state index in [0.717, 1.165) is 11.1 Å². The predicted octanol–water partition coefficient (Wildman–Crippen LogP) is 5.60. The van der Waals surface area contributed by atoms with Crippen LogP contribution in [0, 0.1) is 16.0 Å². The van der Waals surface area contributed by atoms with Gasteiger partial charge < -0.3 is 10.1 Å². The molecular formula is C31H28N2O5. The summed E-state index contributed by atoms with van der Waals surface area (Å²) < 4.78 is 5.69. The third kappa shape index (κ3) is 5.13. The van der Waals surface area contributed by atoms with Crippen LogP contribution in [0.4, 0.5) is 5.69 Å². The Morgan fingerprint density at radius 1 is 0.974 bits per heavy atom. The zero-order valence-electron chi connectivity index (χ0n) is 21.0. The summed E-state index contributed by atoms with van der Waals surface area (Å²) in [4.78, 5) is 38.3. The summed E-state index contributed by atoms with van der Waals surface area (Å²) in [6.45, 7) is 1.96. The van der Waals surface area contributed by atoms with Crippen molar-refractivity contribution >= 4 is 17.4 Å². The number of hydrogen-bond donors (Lipinski definition) is 1. The van der Waals surface area contributed by atoms with Gasteiger partial charge in [0.2, 0.25) is 0 Å². The lowest BCUT2D eigenvalue weighted by atomic mass is 9.68. The molecule has 0 radical (unpaired) electrons. The van der Waals surface area contributed by atoms with Crippen LogP contribution in [0.1, 0.15) is 41.9 Å². The molecule has 1 N–H and O–H groups in total. The summed E-state index contributed by atoms with van der Waals surface area (Å²) in [5.74, 6) is -2.02. The van der Waals surface area contributed by atoms with Crippen LogP contribution in [0.2, 0.25) is 0 Å². The number of nitro groups is 1. The van der Waals surface area contributed by atoms with Gasteiger partial charge in [-0.3, -0.25) is 14.9 Å². The molecule has 2 aliphatic rings. The molecule has 0 saturated heterocycles. The highest BCUT2D eigenvalue weighted by molar-refractivity contribution is 5.96. The highest BCUT2D eigenvalue weighted by Gasteiger charge is 2.45. The molecule has 5 rings (SSSR count). The van der Waals surface area contributed by atoms with Gasteiger partial charge in [0.05, 0.1) is 23.0 Å². The molecule has 1 aliphatic carbocycles. The predicted molar refractivity (Wildman–Crippen MR) is 143 cm³/mol. The summed E-state index contributed by atoms with van der Waals surface area (Å²) in [6, 6.07) is 25.7. The third-order valence-electron chi connectivity index (χ3n) is 7.22. The first-order valence-corrected chi connectivity index (χ1v) is 12.6. The Labute approximate surface area is 221 Å². The maximum absolute atomic E-state index is 13.7. The second-order valence-corrected chi connectivity index (χ2v) is 9.65. The summed E-state index contributed by atoms with van der Waals surface area (Å²) in [7, 11) is 0. The number of nitrogens with one attached hydrogen (secondary N) is 1. The topological polar surface area (TPSA) is 98.5 Å². The van der Waals surface area contributed by atoms with Crippen LogP contribution in [0.25, 0.3) is 0 Å². The van der Waals surface area contributed by atoms with Crippen LogP contribution >= 0.6 is 0 Å². The van der Waals surface area contributed by atoms with Gasteiger partial charge in [0.15, 0.2) is 0 Å². The molecule has 0 fully saturated rings. The summed E-state index contributed by atoms with van der Waals surface area (Å²) in [6.07, 6.45) is 2.88. The number of fused-ring (bicyclic) bond motifs is 1. The van der Waals surface area contributed by atoms with Crippen molar-refractivity contribution in [1.29, 1.82) is 0 Å². The number of nitro benzene ring substituents is 1. The van der Waals surface area contributed by atoms with Crippen molar-refractivity contribution < 1.29 is 19.2 Å². The molecule has 192 valence electrons. The quantitative estimate of drug-likeness (QED) is 0.253. The number of esters is 1. The largest absolute Gasteiger partial charge is 0.462 e. The molecule has 1 heterocycles. The van der Waals surface area contributed by atoms with Gasteiger partial charge in [0.1, 0.15) is 5.78 Å². The summed E-state index contributed by atoms with van der Waals surface area (Å²) >= 11 is 0. The number of allylic oxidation sites excluding steroid dienone is 3. The van der Waals surface area contributed by atoms with Gasteiger partial charge in [-0.15, -0.1) is 0 Å². The number of benzene rings is 3. The maximum Gasteiger partial charge on any atom is 0.336 e. The van der Waals surface area contributed by atoms with Crippen molar-refractivity contribution in [2.24, 2.45) is 5.92 Å². The van der Waals surface area contributed by atoms with E-state index in [1.54, 1.807) is 19.1 Å². The first-order chi connectivity index (χ1) is 18.4. The van der Waals surface area contributed by atoms with Crippen LogP contribution in [0.15, 0.2) is 108 Å². The van der Waals surface area contributed by atoms with Gasteiger partial charge in [-0.2, -0.15) is 0 Å². The van der Waals surface area contributed by atoms with Gasteiger partial charge in [-0.1, -0.05) is 78.9 Å². The summed E-state index contributed by atoms with van der Waals surface area (Å²) in [5, 5.41) is 14.9. The molecular weight excluding hydrogens is 480 g/mol. The zero-order valence-corrected chi connectivity index (χ0v) is 21.0. The normalized spacial score (nSPS) is 20.7. The van der Waals surface area contributed by atoms with E-state index in [4.69, 9.17) is 4.74 Å². The van der Waals surface area contributed by atoms with E-state index in [9.17, 15) is 19.7 Å². The average Bonchev–Trinajstić information content (AvgIpc) is 2.93. The van der Waals surface area contributed by atoms with Crippen LogP contribution in [-0.2, 0) is 20.7 Å². The van der Waals surface area contributed by atoms with E-state index >= 15 is 0 Å². The number of ketones is 1. The van der Waals surface area contributed by atoms with E-state index < -0.39 is 22.7 Å². The van der Waals surface area contributed by atoms with Gasteiger partial charge in [0.25, 0.3) is 5.69 Å². The molecule has 3 aromatic rings. The minimum Gasteiger partial charge on any atom is -0.462 e. The number of Topliss-reactive ketones (excluding diaryl/α,β-unsaturated/α-hetero) is 1. The Hall–Kier alpha value is -4.52. The molecule has 7 heteroatoms. The Morgan fingerprint density at radius 3 is 2.37 bits per heavy atom. The second kappa shape index (κ2) is 10.8. The minimum atomic E-state index is -0.698. The first kappa shape index (κ1) is 25.1. The van der Waals surface area contributed by atoms with Crippen molar-refractivity contribution in [2.45, 2.75) is 31.6 Å². The molecule has 0 spiro atoms. The van der Waals surface area contributed by atoms with E-state index in [-0.39, 0.29) is 30.4 Å². The van der Waals surface area contributed by atoms with Crippen molar-refractivity contribution in [3.8, 4) is 0 Å². The Kier molecular flexibility index (Phi) is 7.18. The van der Waals surface area contributed by atoms with Crippen molar-refractivity contribution in [3.05, 3.63) is 135 Å². The Morgan fingerprint density at radius 2 is 1.66 bits per heavy atom. The van der Waals surface area contributed by atoms with Gasteiger partial charge in [-0.05, 0) is 23.6 Å². The molecule has 3 atom stereocenters. The van der Waals surface area contributed by atoms with E-state index in [1.807, 2.05) is 66.7 Å². The fourth-order valence-corrected chi connectivity index (χ4v) is 5.43. The molecule has 0 amide bonds. The van der Waals surface area contributed by atoms with Crippen LogP contribution in [0.5, 0.6) is 0 Å². The van der Waals surface area contributed by atoms with Gasteiger partial charge >= 0.3 is 5.97 Å². The highest BCUT2D eigenvalue weighted by Crippen LogP contribution is 2.46. The lowest BCUT2D eigenvalue weighted by Gasteiger charge is -2.39. The fourth-order valence-electron chi connectivity index (χ4n) is 5.43. The monoisotopic (exact) mass is 508 g/mol. The smallest absolute Gasteiger partial charge is 0.336 e. The Balaban J connectivity index is 1.52. The van der Waals surface area contributed by atoms with Crippen molar-refractivity contribution in [1.82, 2.24) is 5.32 Å². The van der Waals surface area contributed by atoms with Crippen LogP contribution in [0.3, 0.4) is 0 Å². The molecule has 38 heavy (non-hydrogen) atoms. The molecule has 1 aliphatic heterocycles. The lowest BCUT2D eigenvalue weighted by Crippen LogP contribution is -2.42. The minimum absolute atomic E-state index is 0.0255. The molecule has 7 nitrogen and oxygen atoms in total. The average molecular weight is 509 g/mol. The standard InChI is InChI=1S/C31H28N2O5/c1-20-28(31(35)38-16-15-21-9-4-2-5-10-21)29(23-13-8-14-25(17-23)33(36)37)30-26(32-20)18-24(19-27(30)34)22-11-6-3-7-12-22/h2-14,17-18,24,29-30,32H,15-16,19H2,1H3. The van der Waals surface area contributed by atoms with E-state index in [0.29, 0.717) is 29.0 Å². The molecule has 3 aromatic carbocycles. The fraction of sp³-hybridized carbons (Fsp3) is 0.226. The summed E-state index contributed by atoms with van der Waals surface area (Å²) in [5.41, 5.74) is 4.15. The second-order valence-electron chi connectivity index (χ2n) is 9.65. The first-order valence-electron chi connectivity index (χ1n) is 12.6. The SMILES string of the molecule is CC1=C(C(=O)OCCc2ccccc2)C(c2cccc([N+](=O)[O-])c2)C2C(=O)CC(c3ccccc3)C=C2N1. The lowest BCUT2D eigenvalue weighted by molar-refractivity contribution is -0.384. The van der Waals surface area contributed by atoms with Gasteiger partial charge in [-0.25, -0.2) is 4.79 Å². The van der Waals surface area contributed by atoms with Crippen LogP contribution < -0.4 is 5.32 Å². The maximum atomic E-state index is 13.7. The number of carbonyl (C=O) groups excluding carboxylic acids is 2. The third-order valence-corrected chi connectivity index (χ3v) is 7.22. The molecule has 0 aromatic heterocycles. The molecule has 3 unspecified atom stereocenters. The number of nitrogens with zero attached hydrogens (tertiary/aromatic N) is 1. The number of non-ortho nitro benzene ring substituents is 1. The van der Waals surface area contributed by atoms with E-state index in [2.05, 4.69) is 5.32 Å². The number of ether oxygens (including phenoxy) is 1. The number of hydrogen-bond acceptors (Lipinski definition) is 6. The van der Waals surface area contributed by atoms with Crippen molar-refractivity contribution in [3.63, 3.8) is 0 Å². The van der Waals surface area contributed by atoms with Crippen LogP contribution in [-0.4, -0.2) is 23.3 Å². The Bertz CT molecular complexity index is 1430. The number of rotatable bonds is 7. The van der Waals surface area contributed by atoms with E-state index in [1.165, 1.54) is 12.1 Å². The number of carbonyl (C=O) groups is 2. The molecule has 0 saturated carbocycles. The molecule has 0 bridgehead atoms. The zero-order chi connectivity index (χ0) is 26.6. The van der Waals surface area contributed by atoms with Gasteiger partial charge in [0, 0.05) is 48.2 Å². The van der Waals surface area contributed by atoms with Crippen molar-refractivity contribution in [2.75, 3.05) is 6.61 Å².